The quantitative estimate of drug-likeness (QED) is 0.482. The van der Waals surface area contributed by atoms with Crippen molar-refractivity contribution in [3.8, 4) is 11.6 Å². The van der Waals surface area contributed by atoms with Gasteiger partial charge in [-0.25, -0.2) is 14.2 Å². The predicted molar refractivity (Wildman–Crippen MR) is 115 cm³/mol. The first kappa shape index (κ1) is 20.1. The molecule has 3 heterocycles. The molecule has 2 unspecified atom stereocenters. The summed E-state index contributed by atoms with van der Waals surface area (Å²) in [6.07, 6.45) is 0.0378. The Bertz CT molecular complexity index is 1350. The van der Waals surface area contributed by atoms with Crippen LogP contribution in [0.25, 0.3) is 16.5 Å². The van der Waals surface area contributed by atoms with Gasteiger partial charge in [0.1, 0.15) is 11.3 Å². The predicted octanol–water partition coefficient (Wildman–Crippen LogP) is 3.64. The molecule has 2 bridgehead atoms. The van der Waals surface area contributed by atoms with Crippen LogP contribution in [0.1, 0.15) is 45.0 Å². The van der Waals surface area contributed by atoms with Crippen LogP contribution in [0.5, 0.6) is 5.88 Å². The third-order valence-corrected chi connectivity index (χ3v) is 6.00. The number of aromatic nitrogens is 2. The van der Waals surface area contributed by atoms with Gasteiger partial charge in [0, 0.05) is 18.0 Å². The summed E-state index contributed by atoms with van der Waals surface area (Å²) in [6, 6.07) is 8.72. The number of benzene rings is 2. The van der Waals surface area contributed by atoms with Crippen LogP contribution in [0.2, 0.25) is 0 Å². The number of aromatic hydroxyl groups is 1. The number of carbonyl (C=O) groups is 1. The fourth-order valence-electron chi connectivity index (χ4n) is 4.81. The van der Waals surface area contributed by atoms with Gasteiger partial charge in [-0.05, 0) is 39.3 Å². The van der Waals surface area contributed by atoms with Crippen LogP contribution in [0.3, 0.4) is 0 Å². The van der Waals surface area contributed by atoms with Crippen molar-refractivity contribution in [2.24, 2.45) is 0 Å². The van der Waals surface area contributed by atoms with Crippen molar-refractivity contribution in [1.82, 2.24) is 14.0 Å². The van der Waals surface area contributed by atoms with Crippen molar-refractivity contribution in [3.05, 3.63) is 62.7 Å². The second kappa shape index (κ2) is 6.59. The number of nitro groups is 1. The smallest absolute Gasteiger partial charge is 0.410 e. The lowest BCUT2D eigenvalue weighted by Gasteiger charge is -2.30. The summed E-state index contributed by atoms with van der Waals surface area (Å²) in [5.74, 6) is -0.269. The van der Waals surface area contributed by atoms with Crippen LogP contribution in [-0.4, -0.2) is 42.3 Å². The fourth-order valence-corrected chi connectivity index (χ4v) is 4.81. The number of amides is 1. The number of ether oxygens (including phenoxy) is 1. The van der Waals surface area contributed by atoms with E-state index < -0.39 is 28.3 Å². The molecule has 32 heavy (non-hydrogen) atoms. The second-order valence-electron chi connectivity index (χ2n) is 9.14. The van der Waals surface area contributed by atoms with E-state index in [2.05, 4.69) is 0 Å². The summed E-state index contributed by atoms with van der Waals surface area (Å²) in [7, 11) is 0. The highest BCUT2D eigenvalue weighted by molar-refractivity contribution is 5.97. The first-order valence-electron chi connectivity index (χ1n) is 10.3. The third-order valence-electron chi connectivity index (χ3n) is 6.00. The molecular formula is C22H22N4O6. The molecule has 2 aliphatic rings. The highest BCUT2D eigenvalue weighted by Gasteiger charge is 2.50. The minimum Gasteiger partial charge on any atom is -0.493 e. The van der Waals surface area contributed by atoms with Gasteiger partial charge in [-0.2, -0.15) is 0 Å². The van der Waals surface area contributed by atoms with E-state index in [0.717, 1.165) is 0 Å². The SMILES string of the molecule is CC(C)(C)OC(=O)N1CC2CC1c1c(O)n(-c3ccc([N+](=O)[O-])c4ccccc34)c(=O)n12. The maximum absolute atomic E-state index is 13.3. The molecule has 0 aliphatic carbocycles. The number of nitrogens with zero attached hydrogens (tertiary/aromatic N) is 4. The van der Waals surface area contributed by atoms with E-state index in [1.54, 1.807) is 49.9 Å². The Kier molecular flexibility index (Phi) is 4.14. The Morgan fingerprint density at radius 2 is 1.88 bits per heavy atom. The number of imidazole rings is 1. The summed E-state index contributed by atoms with van der Waals surface area (Å²) < 4.78 is 8.18. The number of nitro benzene ring substituents is 1. The van der Waals surface area contributed by atoms with E-state index in [1.807, 2.05) is 0 Å². The molecule has 0 saturated carbocycles. The van der Waals surface area contributed by atoms with Crippen molar-refractivity contribution in [3.63, 3.8) is 0 Å². The molecule has 5 rings (SSSR count). The van der Waals surface area contributed by atoms with E-state index in [9.17, 15) is 24.8 Å². The van der Waals surface area contributed by atoms with Crippen LogP contribution >= 0.6 is 0 Å². The van der Waals surface area contributed by atoms with E-state index >= 15 is 0 Å². The van der Waals surface area contributed by atoms with Crippen LogP contribution in [0, 0.1) is 10.1 Å². The minimum atomic E-state index is -0.662. The minimum absolute atomic E-state index is 0.0835. The Hall–Kier alpha value is -3.82. The van der Waals surface area contributed by atoms with Crippen LogP contribution < -0.4 is 5.69 Å². The van der Waals surface area contributed by atoms with Gasteiger partial charge in [-0.1, -0.05) is 18.2 Å². The third kappa shape index (κ3) is 2.79. The molecule has 0 spiro atoms. The lowest BCUT2D eigenvalue weighted by atomic mass is 10.1. The molecule has 1 saturated heterocycles. The number of hydrogen-bond donors (Lipinski definition) is 1. The molecule has 3 aromatic rings. The topological polar surface area (TPSA) is 120 Å². The van der Waals surface area contributed by atoms with Gasteiger partial charge in [0.2, 0.25) is 5.88 Å². The maximum Gasteiger partial charge on any atom is 0.410 e. The molecule has 10 heteroatoms. The average molecular weight is 438 g/mol. The van der Waals surface area contributed by atoms with E-state index in [1.165, 1.54) is 21.3 Å². The van der Waals surface area contributed by atoms with Gasteiger partial charge in [0.05, 0.1) is 28.1 Å². The molecule has 2 aliphatic heterocycles. The summed E-state index contributed by atoms with van der Waals surface area (Å²) in [6.45, 7) is 5.66. The molecule has 2 atom stereocenters. The molecule has 2 aromatic carbocycles. The number of rotatable bonds is 2. The number of likely N-dealkylation sites (tertiary alicyclic amines) is 1. The van der Waals surface area contributed by atoms with Gasteiger partial charge in [-0.3, -0.25) is 19.6 Å². The highest BCUT2D eigenvalue weighted by Crippen LogP contribution is 2.49. The van der Waals surface area contributed by atoms with Crippen molar-refractivity contribution in [2.45, 2.75) is 44.9 Å². The van der Waals surface area contributed by atoms with E-state index in [4.69, 9.17) is 4.74 Å². The van der Waals surface area contributed by atoms with E-state index in [-0.39, 0.29) is 17.6 Å². The molecule has 166 valence electrons. The molecule has 1 N–H and O–H groups in total. The number of non-ortho nitro benzene ring substituents is 1. The Balaban J connectivity index is 1.64. The summed E-state index contributed by atoms with van der Waals surface area (Å²) in [5, 5.41) is 23.4. The molecule has 0 radical (unpaired) electrons. The van der Waals surface area contributed by atoms with Crippen molar-refractivity contribution < 1.29 is 19.6 Å². The Morgan fingerprint density at radius 1 is 1.19 bits per heavy atom. The molecule has 1 fully saturated rings. The van der Waals surface area contributed by atoms with Crippen LogP contribution in [0.4, 0.5) is 10.5 Å². The average Bonchev–Trinajstić information content (AvgIpc) is 3.37. The van der Waals surface area contributed by atoms with Gasteiger partial charge < -0.3 is 9.84 Å². The van der Waals surface area contributed by atoms with Crippen LogP contribution in [0.15, 0.2) is 41.2 Å². The maximum atomic E-state index is 13.3. The summed E-state index contributed by atoms with van der Waals surface area (Å²) >= 11 is 0. The number of fused-ring (bicyclic) bond motifs is 6. The summed E-state index contributed by atoms with van der Waals surface area (Å²) in [4.78, 5) is 38.5. The first-order chi connectivity index (χ1) is 15.1. The molecule has 1 aromatic heterocycles. The van der Waals surface area contributed by atoms with Crippen molar-refractivity contribution in [2.75, 3.05) is 6.54 Å². The van der Waals surface area contributed by atoms with Gasteiger partial charge in [-0.15, -0.1) is 0 Å². The first-order valence-corrected chi connectivity index (χ1v) is 10.3. The van der Waals surface area contributed by atoms with Gasteiger partial charge in [0.25, 0.3) is 5.69 Å². The zero-order valence-electron chi connectivity index (χ0n) is 17.8. The van der Waals surface area contributed by atoms with Crippen molar-refractivity contribution in [1.29, 1.82) is 0 Å². The lowest BCUT2D eigenvalue weighted by Crippen LogP contribution is -2.40. The zero-order valence-corrected chi connectivity index (χ0v) is 17.8. The fraction of sp³-hybridized carbons (Fsp3) is 0.364. The van der Waals surface area contributed by atoms with Gasteiger partial charge >= 0.3 is 11.8 Å². The molecule has 10 nitrogen and oxygen atoms in total. The van der Waals surface area contributed by atoms with Crippen molar-refractivity contribution >= 4 is 22.6 Å². The van der Waals surface area contributed by atoms with Gasteiger partial charge in [0.15, 0.2) is 0 Å². The Labute approximate surface area is 182 Å². The molecule has 1 amide bonds. The number of carbonyl (C=O) groups excluding carboxylic acids is 1. The van der Waals surface area contributed by atoms with E-state index in [0.29, 0.717) is 35.1 Å². The molecular weight excluding hydrogens is 416 g/mol. The Morgan fingerprint density at radius 3 is 2.53 bits per heavy atom. The normalized spacial score (nSPS) is 19.4. The highest BCUT2D eigenvalue weighted by atomic mass is 16.6. The zero-order chi connectivity index (χ0) is 22.9. The van der Waals surface area contributed by atoms with Crippen LogP contribution in [-0.2, 0) is 4.74 Å². The lowest BCUT2D eigenvalue weighted by molar-refractivity contribution is -0.383. The monoisotopic (exact) mass is 438 g/mol. The number of hydrogen-bond acceptors (Lipinski definition) is 6. The largest absolute Gasteiger partial charge is 0.493 e. The standard InChI is InChI=1S/C22H22N4O6/c1-22(2,3)32-21(29)23-11-12-10-17(23)18-19(27)25(20(28)24(12)18)15-8-9-16(26(30)31)14-7-5-4-6-13(14)15/h4-9,12,17,27H,10-11H2,1-3H3. The summed E-state index contributed by atoms with van der Waals surface area (Å²) in [5.41, 5.74) is -0.476. The second-order valence-corrected chi connectivity index (χ2v) is 9.14.